The molecule has 0 aliphatic carbocycles. The topological polar surface area (TPSA) is 46.0 Å². The Labute approximate surface area is 67.5 Å². The highest BCUT2D eigenvalue weighted by atomic mass is 32.2. The molecule has 1 rings (SSSR count). The van der Waals surface area contributed by atoms with Crippen molar-refractivity contribution in [2.45, 2.75) is 10.8 Å². The van der Waals surface area contributed by atoms with E-state index in [-0.39, 0.29) is 6.61 Å². The minimum absolute atomic E-state index is 0.256. The van der Waals surface area contributed by atoms with Crippen LogP contribution in [0.3, 0.4) is 0 Å². The van der Waals surface area contributed by atoms with Crippen LogP contribution in [0, 0.1) is 0 Å². The summed E-state index contributed by atoms with van der Waals surface area (Å²) < 4.78 is 0.980. The summed E-state index contributed by atoms with van der Waals surface area (Å²) in [4.78, 5) is 0. The summed E-state index contributed by atoms with van der Waals surface area (Å²) in [6.45, 7) is 0.256. The molecule has 1 N–H and O–H groups in total. The van der Waals surface area contributed by atoms with Crippen LogP contribution in [0.15, 0.2) is 9.85 Å². The van der Waals surface area contributed by atoms with E-state index >= 15 is 0 Å². The lowest BCUT2D eigenvalue weighted by Crippen LogP contribution is -1.84. The summed E-state index contributed by atoms with van der Waals surface area (Å²) >= 11 is 3.17. The van der Waals surface area contributed by atoms with Crippen molar-refractivity contribution in [2.75, 3.05) is 12.4 Å². The van der Waals surface area contributed by atoms with Crippen molar-refractivity contribution in [1.82, 2.24) is 10.2 Å². The Bertz CT molecular complexity index is 166. The molecule has 0 atom stereocenters. The maximum Gasteiger partial charge on any atom is 0.174 e. The molecule has 0 bridgehead atoms. The summed E-state index contributed by atoms with van der Waals surface area (Å²) in [5, 5.41) is 16.0. The maximum atomic E-state index is 8.45. The SMILES string of the molecule is OCCCSc1nncs1. The molecule has 0 aliphatic rings. The van der Waals surface area contributed by atoms with E-state index in [1.807, 2.05) is 0 Å². The van der Waals surface area contributed by atoms with Gasteiger partial charge in [-0.25, -0.2) is 0 Å². The second-order valence-corrected chi connectivity index (χ2v) is 3.81. The number of aromatic nitrogens is 2. The monoisotopic (exact) mass is 176 g/mol. The fraction of sp³-hybridized carbons (Fsp3) is 0.600. The van der Waals surface area contributed by atoms with Crippen LogP contribution in [-0.2, 0) is 0 Å². The zero-order valence-electron chi connectivity index (χ0n) is 5.36. The number of aliphatic hydroxyl groups is 1. The van der Waals surface area contributed by atoms with E-state index in [1.54, 1.807) is 17.3 Å². The molecule has 0 spiro atoms. The Balaban J connectivity index is 2.15. The smallest absolute Gasteiger partial charge is 0.174 e. The van der Waals surface area contributed by atoms with Gasteiger partial charge in [-0.2, -0.15) is 0 Å². The van der Waals surface area contributed by atoms with Crippen LogP contribution in [0.2, 0.25) is 0 Å². The van der Waals surface area contributed by atoms with E-state index in [2.05, 4.69) is 10.2 Å². The molecular formula is C5H8N2OS2. The first-order chi connectivity index (χ1) is 4.93. The molecule has 0 saturated heterocycles. The Morgan fingerprint density at radius 2 is 2.60 bits per heavy atom. The van der Waals surface area contributed by atoms with E-state index in [0.29, 0.717) is 0 Å². The van der Waals surface area contributed by atoms with Crippen molar-refractivity contribution in [3.63, 3.8) is 0 Å². The molecule has 0 aromatic carbocycles. The van der Waals surface area contributed by atoms with Gasteiger partial charge in [0.1, 0.15) is 5.51 Å². The predicted molar refractivity (Wildman–Crippen MR) is 42.3 cm³/mol. The van der Waals surface area contributed by atoms with Gasteiger partial charge in [0.15, 0.2) is 4.34 Å². The van der Waals surface area contributed by atoms with Gasteiger partial charge in [0.05, 0.1) is 0 Å². The van der Waals surface area contributed by atoms with Crippen LogP contribution in [-0.4, -0.2) is 27.7 Å². The molecule has 0 fully saturated rings. The highest BCUT2D eigenvalue weighted by Crippen LogP contribution is 2.18. The third-order valence-corrected chi connectivity index (χ3v) is 2.81. The minimum atomic E-state index is 0.256. The van der Waals surface area contributed by atoms with Crippen LogP contribution >= 0.6 is 23.1 Å². The zero-order chi connectivity index (χ0) is 7.23. The summed E-state index contributed by atoms with van der Waals surface area (Å²) in [6.07, 6.45) is 0.824. The molecule has 10 heavy (non-hydrogen) atoms. The normalized spacial score (nSPS) is 10.1. The van der Waals surface area contributed by atoms with Gasteiger partial charge in [0.2, 0.25) is 0 Å². The lowest BCUT2D eigenvalue weighted by atomic mass is 10.5. The molecule has 5 heteroatoms. The van der Waals surface area contributed by atoms with Crippen LogP contribution in [0.25, 0.3) is 0 Å². The molecule has 0 amide bonds. The first-order valence-corrected chi connectivity index (χ1v) is 4.80. The molecule has 1 aromatic rings. The lowest BCUT2D eigenvalue weighted by Gasteiger charge is -1.91. The first-order valence-electron chi connectivity index (χ1n) is 2.93. The predicted octanol–water partition coefficient (Wildman–Crippen LogP) is 1.01. The number of thioether (sulfide) groups is 1. The van der Waals surface area contributed by atoms with Crippen molar-refractivity contribution in [1.29, 1.82) is 0 Å². The summed E-state index contributed by atoms with van der Waals surface area (Å²) in [7, 11) is 0. The third kappa shape index (κ3) is 2.64. The van der Waals surface area contributed by atoms with Gasteiger partial charge in [-0.3, -0.25) is 0 Å². The molecule has 0 aliphatic heterocycles. The van der Waals surface area contributed by atoms with Crippen LogP contribution in [0.4, 0.5) is 0 Å². The van der Waals surface area contributed by atoms with Crippen LogP contribution < -0.4 is 0 Å². The largest absolute Gasteiger partial charge is 0.396 e. The Hall–Kier alpha value is -0.130. The van der Waals surface area contributed by atoms with Gasteiger partial charge in [-0.1, -0.05) is 23.1 Å². The number of nitrogens with zero attached hydrogens (tertiary/aromatic N) is 2. The summed E-state index contributed by atoms with van der Waals surface area (Å²) in [5.41, 5.74) is 1.71. The fourth-order valence-corrected chi connectivity index (χ4v) is 1.93. The van der Waals surface area contributed by atoms with Crippen molar-refractivity contribution in [3.8, 4) is 0 Å². The molecule has 0 radical (unpaired) electrons. The lowest BCUT2D eigenvalue weighted by molar-refractivity contribution is 0.296. The van der Waals surface area contributed by atoms with Crippen molar-refractivity contribution >= 4 is 23.1 Å². The molecule has 1 aromatic heterocycles. The van der Waals surface area contributed by atoms with Crippen molar-refractivity contribution < 1.29 is 5.11 Å². The van der Waals surface area contributed by atoms with E-state index in [9.17, 15) is 0 Å². The van der Waals surface area contributed by atoms with Gasteiger partial charge in [0.25, 0.3) is 0 Å². The van der Waals surface area contributed by atoms with E-state index in [0.717, 1.165) is 16.5 Å². The van der Waals surface area contributed by atoms with E-state index in [1.165, 1.54) is 11.3 Å². The highest BCUT2D eigenvalue weighted by molar-refractivity contribution is 8.00. The number of aliphatic hydroxyl groups excluding tert-OH is 1. The van der Waals surface area contributed by atoms with Gasteiger partial charge in [-0.15, -0.1) is 10.2 Å². The Kier molecular flexibility index (Phi) is 3.71. The molecule has 56 valence electrons. The van der Waals surface area contributed by atoms with Gasteiger partial charge in [0, 0.05) is 12.4 Å². The van der Waals surface area contributed by atoms with Crippen LogP contribution in [0.1, 0.15) is 6.42 Å². The summed E-state index contributed by atoms with van der Waals surface area (Å²) in [5.74, 6) is 0.922. The number of rotatable bonds is 4. The van der Waals surface area contributed by atoms with Gasteiger partial charge in [-0.05, 0) is 6.42 Å². The summed E-state index contributed by atoms with van der Waals surface area (Å²) in [6, 6.07) is 0. The second-order valence-electron chi connectivity index (χ2n) is 1.63. The molecular weight excluding hydrogens is 168 g/mol. The van der Waals surface area contributed by atoms with Gasteiger partial charge >= 0.3 is 0 Å². The molecule has 3 nitrogen and oxygen atoms in total. The number of hydrogen-bond donors (Lipinski definition) is 1. The van der Waals surface area contributed by atoms with Crippen molar-refractivity contribution in [3.05, 3.63) is 5.51 Å². The minimum Gasteiger partial charge on any atom is -0.396 e. The average Bonchev–Trinajstić information content (AvgIpc) is 2.41. The van der Waals surface area contributed by atoms with Gasteiger partial charge < -0.3 is 5.11 Å². The highest BCUT2D eigenvalue weighted by Gasteiger charge is 1.95. The fourth-order valence-electron chi connectivity index (χ4n) is 0.450. The Morgan fingerprint density at radius 1 is 1.70 bits per heavy atom. The molecule has 0 saturated carbocycles. The standard InChI is InChI=1S/C5H8N2OS2/c8-2-1-3-9-5-7-6-4-10-5/h4,8H,1-3H2. The number of hydrogen-bond acceptors (Lipinski definition) is 5. The zero-order valence-corrected chi connectivity index (χ0v) is 6.99. The van der Waals surface area contributed by atoms with Crippen molar-refractivity contribution in [2.24, 2.45) is 0 Å². The Morgan fingerprint density at radius 3 is 3.20 bits per heavy atom. The maximum absolute atomic E-state index is 8.45. The third-order valence-electron chi connectivity index (χ3n) is 0.868. The average molecular weight is 176 g/mol. The van der Waals surface area contributed by atoms with Crippen LogP contribution in [0.5, 0.6) is 0 Å². The van der Waals surface area contributed by atoms with E-state index < -0.39 is 0 Å². The molecule has 0 unspecified atom stereocenters. The quantitative estimate of drug-likeness (QED) is 0.549. The van der Waals surface area contributed by atoms with E-state index in [4.69, 9.17) is 5.11 Å². The second kappa shape index (κ2) is 4.65. The molecule has 1 heterocycles. The first kappa shape index (κ1) is 7.97.